The SMILES string of the molecule is CN(C)c1nc(C(=O)N2[C@@H]3CC[C@@H](C3)[C@H]2C(N)=O)c(-c2cccc(F)c2)s1. The van der Waals surface area contributed by atoms with Crippen LogP contribution in [0.5, 0.6) is 0 Å². The second-order valence-electron chi connectivity index (χ2n) is 7.37. The number of hydrogen-bond acceptors (Lipinski definition) is 5. The highest BCUT2D eigenvalue weighted by Crippen LogP contribution is 2.44. The van der Waals surface area contributed by atoms with Gasteiger partial charge in [-0.25, -0.2) is 9.37 Å². The van der Waals surface area contributed by atoms with Crippen molar-refractivity contribution in [3.05, 3.63) is 35.8 Å². The van der Waals surface area contributed by atoms with Gasteiger partial charge in [-0.05, 0) is 42.9 Å². The van der Waals surface area contributed by atoms with Gasteiger partial charge in [0.05, 0.1) is 4.88 Å². The third-order valence-corrected chi connectivity index (χ3v) is 6.67. The van der Waals surface area contributed by atoms with E-state index in [1.165, 1.54) is 23.5 Å². The minimum absolute atomic E-state index is 0.0184. The number of nitrogens with zero attached hydrogens (tertiary/aromatic N) is 3. The average molecular weight is 388 g/mol. The zero-order valence-electron chi connectivity index (χ0n) is 15.2. The van der Waals surface area contributed by atoms with Crippen LogP contribution in [-0.2, 0) is 4.79 Å². The predicted molar refractivity (Wildman–Crippen MR) is 102 cm³/mol. The number of amides is 2. The van der Waals surface area contributed by atoms with Crippen LogP contribution >= 0.6 is 11.3 Å². The molecule has 2 aliphatic rings. The van der Waals surface area contributed by atoms with Crippen molar-refractivity contribution in [1.29, 1.82) is 0 Å². The van der Waals surface area contributed by atoms with E-state index in [-0.39, 0.29) is 29.4 Å². The Hall–Kier alpha value is -2.48. The first-order valence-corrected chi connectivity index (χ1v) is 9.74. The summed E-state index contributed by atoms with van der Waals surface area (Å²) >= 11 is 1.33. The zero-order valence-corrected chi connectivity index (χ0v) is 16.0. The Morgan fingerprint density at radius 2 is 2.11 bits per heavy atom. The lowest BCUT2D eigenvalue weighted by Crippen LogP contribution is -2.51. The fourth-order valence-electron chi connectivity index (χ4n) is 4.24. The number of primary amides is 1. The highest BCUT2D eigenvalue weighted by molar-refractivity contribution is 7.19. The molecule has 2 bridgehead atoms. The van der Waals surface area contributed by atoms with Crippen LogP contribution in [-0.4, -0.2) is 47.9 Å². The average Bonchev–Trinajstić information content (AvgIpc) is 3.34. The molecular formula is C19H21FN4O2S. The highest BCUT2D eigenvalue weighted by Gasteiger charge is 2.51. The molecule has 2 aromatic rings. The van der Waals surface area contributed by atoms with Crippen LogP contribution in [0.3, 0.4) is 0 Å². The number of halogens is 1. The van der Waals surface area contributed by atoms with Gasteiger partial charge < -0.3 is 15.5 Å². The van der Waals surface area contributed by atoms with E-state index in [1.54, 1.807) is 17.0 Å². The summed E-state index contributed by atoms with van der Waals surface area (Å²) in [7, 11) is 3.68. The van der Waals surface area contributed by atoms with Crippen molar-refractivity contribution < 1.29 is 14.0 Å². The molecule has 1 aliphatic heterocycles. The number of fused-ring (bicyclic) bond motifs is 2. The van der Waals surface area contributed by atoms with E-state index in [1.807, 2.05) is 19.0 Å². The van der Waals surface area contributed by atoms with Gasteiger partial charge in [-0.1, -0.05) is 23.5 Å². The Bertz CT molecular complexity index is 913. The smallest absolute Gasteiger partial charge is 0.275 e. The van der Waals surface area contributed by atoms with Crippen molar-refractivity contribution in [2.75, 3.05) is 19.0 Å². The van der Waals surface area contributed by atoms with Crippen LogP contribution in [0.2, 0.25) is 0 Å². The Morgan fingerprint density at radius 1 is 1.33 bits per heavy atom. The Labute approximate surface area is 160 Å². The van der Waals surface area contributed by atoms with Crippen LogP contribution < -0.4 is 10.6 Å². The van der Waals surface area contributed by atoms with E-state index in [4.69, 9.17) is 5.73 Å². The number of carbonyl (C=O) groups is 2. The molecule has 8 heteroatoms. The number of thiazole rings is 1. The van der Waals surface area contributed by atoms with Gasteiger partial charge in [-0.2, -0.15) is 0 Å². The Kier molecular flexibility index (Phi) is 4.38. The molecule has 2 fully saturated rings. The molecule has 3 atom stereocenters. The van der Waals surface area contributed by atoms with Crippen molar-refractivity contribution in [1.82, 2.24) is 9.88 Å². The van der Waals surface area contributed by atoms with E-state index in [2.05, 4.69) is 4.98 Å². The van der Waals surface area contributed by atoms with Crippen LogP contribution in [0.25, 0.3) is 10.4 Å². The number of aromatic nitrogens is 1. The summed E-state index contributed by atoms with van der Waals surface area (Å²) in [4.78, 5) is 34.0. The normalized spacial score (nSPS) is 23.7. The maximum atomic E-state index is 13.8. The first-order valence-electron chi connectivity index (χ1n) is 8.93. The molecule has 27 heavy (non-hydrogen) atoms. The standard InChI is InChI=1S/C19H21FN4O2S/c1-23(2)19-22-14(16(27-19)11-4-3-5-12(20)8-11)18(26)24-13-7-6-10(9-13)15(24)17(21)25/h3-5,8,10,13,15H,6-7,9H2,1-2H3,(H2,21,25)/t10-,13+,15-/m0/s1. The molecule has 1 aromatic heterocycles. The lowest BCUT2D eigenvalue weighted by molar-refractivity contribution is -0.123. The van der Waals surface area contributed by atoms with Gasteiger partial charge in [0.25, 0.3) is 5.91 Å². The number of benzene rings is 1. The number of likely N-dealkylation sites (tertiary alicyclic amines) is 1. The molecule has 0 radical (unpaired) electrons. The molecular weight excluding hydrogens is 367 g/mol. The van der Waals surface area contributed by atoms with E-state index in [0.29, 0.717) is 15.6 Å². The Morgan fingerprint density at radius 3 is 2.78 bits per heavy atom. The minimum Gasteiger partial charge on any atom is -0.368 e. The number of anilines is 1. The molecule has 4 rings (SSSR count). The summed E-state index contributed by atoms with van der Waals surface area (Å²) in [5.74, 6) is -1.01. The summed E-state index contributed by atoms with van der Waals surface area (Å²) in [6, 6.07) is 5.56. The summed E-state index contributed by atoms with van der Waals surface area (Å²) in [5.41, 5.74) is 6.46. The monoisotopic (exact) mass is 388 g/mol. The molecule has 2 amide bonds. The van der Waals surface area contributed by atoms with Crippen molar-refractivity contribution in [2.45, 2.75) is 31.3 Å². The quantitative estimate of drug-likeness (QED) is 0.873. The van der Waals surface area contributed by atoms with E-state index in [9.17, 15) is 14.0 Å². The molecule has 6 nitrogen and oxygen atoms in total. The topological polar surface area (TPSA) is 79.5 Å². The second kappa shape index (κ2) is 6.60. The molecule has 1 aromatic carbocycles. The van der Waals surface area contributed by atoms with Gasteiger partial charge in [-0.15, -0.1) is 0 Å². The zero-order chi connectivity index (χ0) is 19.3. The largest absolute Gasteiger partial charge is 0.368 e. The van der Waals surface area contributed by atoms with E-state index >= 15 is 0 Å². The number of nitrogens with two attached hydrogens (primary N) is 1. The number of carbonyl (C=O) groups excluding carboxylic acids is 2. The predicted octanol–water partition coefficient (Wildman–Crippen LogP) is 2.49. The van der Waals surface area contributed by atoms with Crippen molar-refractivity contribution in [2.24, 2.45) is 11.7 Å². The van der Waals surface area contributed by atoms with Crippen molar-refractivity contribution in [3.8, 4) is 10.4 Å². The van der Waals surface area contributed by atoms with E-state index < -0.39 is 11.9 Å². The summed E-state index contributed by atoms with van der Waals surface area (Å²) < 4.78 is 13.8. The first-order chi connectivity index (χ1) is 12.9. The molecule has 2 N–H and O–H groups in total. The van der Waals surface area contributed by atoms with E-state index in [0.717, 1.165) is 19.3 Å². The maximum Gasteiger partial charge on any atom is 0.275 e. The van der Waals surface area contributed by atoms with Gasteiger partial charge in [0.2, 0.25) is 5.91 Å². The van der Waals surface area contributed by atoms with Crippen LogP contribution in [0, 0.1) is 11.7 Å². The fraction of sp³-hybridized carbons (Fsp3) is 0.421. The number of hydrogen-bond donors (Lipinski definition) is 1. The van der Waals surface area contributed by atoms with Crippen molar-refractivity contribution >= 4 is 28.3 Å². The van der Waals surface area contributed by atoms with Crippen molar-refractivity contribution in [3.63, 3.8) is 0 Å². The van der Waals surface area contributed by atoms with Gasteiger partial charge in [0.15, 0.2) is 5.13 Å². The van der Waals surface area contributed by atoms with Crippen LogP contribution in [0.4, 0.5) is 9.52 Å². The van der Waals surface area contributed by atoms with Crippen LogP contribution in [0.1, 0.15) is 29.8 Å². The number of rotatable bonds is 4. The molecule has 0 unspecified atom stereocenters. The molecule has 0 spiro atoms. The van der Waals surface area contributed by atoms with Gasteiger partial charge in [0, 0.05) is 20.1 Å². The van der Waals surface area contributed by atoms with Gasteiger partial charge in [0.1, 0.15) is 17.6 Å². The number of piperidine rings is 1. The van der Waals surface area contributed by atoms with Crippen LogP contribution in [0.15, 0.2) is 24.3 Å². The molecule has 2 heterocycles. The van der Waals surface area contributed by atoms with Gasteiger partial charge >= 0.3 is 0 Å². The molecule has 142 valence electrons. The molecule has 1 saturated heterocycles. The summed E-state index contributed by atoms with van der Waals surface area (Å²) in [5, 5.41) is 0.651. The lowest BCUT2D eigenvalue weighted by atomic mass is 9.97. The third kappa shape index (κ3) is 2.97. The summed E-state index contributed by atoms with van der Waals surface area (Å²) in [6.45, 7) is 0. The Balaban J connectivity index is 1.78. The van der Waals surface area contributed by atoms with Gasteiger partial charge in [-0.3, -0.25) is 9.59 Å². The highest BCUT2D eigenvalue weighted by atomic mass is 32.1. The minimum atomic E-state index is -0.582. The molecule has 1 saturated carbocycles. The fourth-order valence-corrected chi connectivity index (χ4v) is 5.22. The first kappa shape index (κ1) is 17.9. The maximum absolute atomic E-state index is 13.8. The second-order valence-corrected chi connectivity index (χ2v) is 8.34. The summed E-state index contributed by atoms with van der Waals surface area (Å²) in [6.07, 6.45) is 2.60. The third-order valence-electron chi connectivity index (χ3n) is 5.40. The molecule has 1 aliphatic carbocycles. The lowest BCUT2D eigenvalue weighted by Gasteiger charge is -2.33.